The number of hydrogen-bond donors (Lipinski definition) is 0. The topological polar surface area (TPSA) is 130 Å². The van der Waals surface area contributed by atoms with Crippen LogP contribution in [0.3, 0.4) is 0 Å². The van der Waals surface area contributed by atoms with Crippen molar-refractivity contribution in [3.8, 4) is 5.88 Å². The van der Waals surface area contributed by atoms with Crippen molar-refractivity contribution < 1.29 is 27.5 Å². The standard InChI is InChI=1S/C29H34ClN7O6S/c1-33-11-8-21(9-12-33)35-13-15-36(16-14-35)28(39)43-29(22-5-4-10-31-26(22)42-3)23-17-20(30)6-7-24(23)37(27(29)38)44(40,41)25-18-34(2)19-32-25/h4-7,10,17-19,21H,8-9,11-16H2,1-3H3. The molecule has 2 aromatic heterocycles. The Morgan fingerprint density at radius 1 is 1.02 bits per heavy atom. The van der Waals surface area contributed by atoms with E-state index in [2.05, 4.69) is 26.8 Å². The van der Waals surface area contributed by atoms with Crippen LogP contribution in [-0.4, -0.2) is 109 Å². The molecule has 0 N–H and O–H groups in total. The molecular weight excluding hydrogens is 610 g/mol. The van der Waals surface area contributed by atoms with Crippen LogP contribution in [0.5, 0.6) is 5.88 Å². The van der Waals surface area contributed by atoms with Gasteiger partial charge in [-0.1, -0.05) is 11.6 Å². The van der Waals surface area contributed by atoms with E-state index >= 15 is 0 Å². The van der Waals surface area contributed by atoms with Crippen molar-refractivity contribution >= 4 is 39.3 Å². The molecular formula is C29H34ClN7O6S. The van der Waals surface area contributed by atoms with Crippen LogP contribution >= 0.6 is 11.6 Å². The highest BCUT2D eigenvalue weighted by atomic mass is 35.5. The number of imidazole rings is 1. The minimum Gasteiger partial charge on any atom is -0.481 e. The van der Waals surface area contributed by atoms with Crippen molar-refractivity contribution in [2.45, 2.75) is 29.5 Å². The Labute approximate surface area is 261 Å². The number of rotatable bonds is 6. The summed E-state index contributed by atoms with van der Waals surface area (Å²) in [5.41, 5.74) is -2.16. The number of aromatic nitrogens is 3. The van der Waals surface area contributed by atoms with Crippen LogP contribution in [0.15, 0.2) is 54.1 Å². The normalized spacial score (nSPS) is 21.9. The summed E-state index contributed by atoms with van der Waals surface area (Å²) in [4.78, 5) is 43.1. The van der Waals surface area contributed by atoms with E-state index in [1.54, 1.807) is 18.0 Å². The van der Waals surface area contributed by atoms with Gasteiger partial charge in [0.1, 0.15) is 0 Å². The summed E-state index contributed by atoms with van der Waals surface area (Å²) < 4.78 is 41.7. The van der Waals surface area contributed by atoms with Crippen LogP contribution in [0.4, 0.5) is 10.5 Å². The monoisotopic (exact) mass is 643 g/mol. The molecule has 5 heterocycles. The Morgan fingerprint density at radius 3 is 2.41 bits per heavy atom. The lowest BCUT2D eigenvalue weighted by atomic mass is 9.87. The first-order valence-electron chi connectivity index (χ1n) is 14.3. The van der Waals surface area contributed by atoms with E-state index < -0.39 is 27.6 Å². The van der Waals surface area contributed by atoms with Gasteiger partial charge >= 0.3 is 6.09 Å². The number of likely N-dealkylation sites (tertiary alicyclic amines) is 1. The van der Waals surface area contributed by atoms with Crippen molar-refractivity contribution in [2.24, 2.45) is 7.05 Å². The predicted molar refractivity (Wildman–Crippen MR) is 161 cm³/mol. The predicted octanol–water partition coefficient (Wildman–Crippen LogP) is 2.30. The average molecular weight is 644 g/mol. The fraction of sp³-hybridized carbons (Fsp3) is 0.448. The number of carbonyl (C=O) groups excluding carboxylic acids is 2. The first kappa shape index (κ1) is 30.3. The second kappa shape index (κ2) is 11.7. The molecule has 234 valence electrons. The number of sulfonamides is 1. The van der Waals surface area contributed by atoms with Crippen molar-refractivity contribution in [1.82, 2.24) is 29.2 Å². The number of carbonyl (C=O) groups is 2. The number of hydrogen-bond acceptors (Lipinski definition) is 10. The highest BCUT2D eigenvalue weighted by molar-refractivity contribution is 7.93. The molecule has 15 heteroatoms. The summed E-state index contributed by atoms with van der Waals surface area (Å²) >= 11 is 6.42. The van der Waals surface area contributed by atoms with Crippen LogP contribution in [0.2, 0.25) is 5.02 Å². The van der Waals surface area contributed by atoms with Crippen LogP contribution in [0.25, 0.3) is 0 Å². The lowest BCUT2D eigenvalue weighted by Gasteiger charge is -2.42. The zero-order valence-electron chi connectivity index (χ0n) is 24.7. The van der Waals surface area contributed by atoms with E-state index in [4.69, 9.17) is 21.1 Å². The molecule has 3 aliphatic rings. The fourth-order valence-electron chi connectivity index (χ4n) is 6.25. The lowest BCUT2D eigenvalue weighted by Crippen LogP contribution is -2.55. The van der Waals surface area contributed by atoms with E-state index in [0.717, 1.165) is 25.9 Å². The quantitative estimate of drug-likeness (QED) is 0.394. The molecule has 2 fully saturated rings. The number of methoxy groups -OCH3 is 1. The number of benzene rings is 1. The number of amides is 2. The van der Waals surface area contributed by atoms with Gasteiger partial charge < -0.3 is 23.8 Å². The molecule has 6 rings (SSSR count). The van der Waals surface area contributed by atoms with E-state index in [1.807, 2.05) is 0 Å². The second-order valence-electron chi connectivity index (χ2n) is 11.3. The van der Waals surface area contributed by atoms with E-state index in [1.165, 1.54) is 54.7 Å². The van der Waals surface area contributed by atoms with E-state index in [9.17, 15) is 18.0 Å². The van der Waals surface area contributed by atoms with Crippen LogP contribution in [0.1, 0.15) is 24.0 Å². The molecule has 0 spiro atoms. The molecule has 44 heavy (non-hydrogen) atoms. The molecule has 2 amide bonds. The summed E-state index contributed by atoms with van der Waals surface area (Å²) in [6, 6.07) is 7.84. The van der Waals surface area contributed by atoms with Gasteiger partial charge in [-0.3, -0.25) is 9.69 Å². The SMILES string of the molecule is COc1ncccc1C1(OC(=O)N2CCN(C3CCN(C)CC3)CC2)C(=O)N(S(=O)(=O)c2cn(C)cn2)c2ccc(Cl)cc21. The number of piperidine rings is 1. The van der Waals surface area contributed by atoms with Crippen LogP contribution < -0.4 is 9.04 Å². The Kier molecular flexibility index (Phi) is 8.03. The van der Waals surface area contributed by atoms with E-state index in [-0.39, 0.29) is 32.7 Å². The Hall–Kier alpha value is -3.72. The Bertz CT molecular complexity index is 1680. The van der Waals surface area contributed by atoms with Gasteiger partial charge in [-0.15, -0.1) is 0 Å². The molecule has 1 unspecified atom stereocenters. The molecule has 13 nitrogen and oxygen atoms in total. The largest absolute Gasteiger partial charge is 0.481 e. The van der Waals surface area contributed by atoms with E-state index in [0.29, 0.717) is 36.5 Å². The minimum atomic E-state index is -4.54. The first-order valence-corrected chi connectivity index (χ1v) is 16.2. The van der Waals surface area contributed by atoms with Crippen molar-refractivity contribution in [1.29, 1.82) is 0 Å². The maximum Gasteiger partial charge on any atom is 0.411 e. The fourth-order valence-corrected chi connectivity index (χ4v) is 7.85. The maximum absolute atomic E-state index is 14.7. The average Bonchev–Trinajstić information content (AvgIpc) is 3.57. The van der Waals surface area contributed by atoms with Gasteiger partial charge in [-0.05, 0) is 63.3 Å². The first-order chi connectivity index (χ1) is 21.1. The summed E-state index contributed by atoms with van der Waals surface area (Å²) in [5.74, 6) is -1.05. The smallest absolute Gasteiger partial charge is 0.411 e. The number of ether oxygens (including phenoxy) is 2. The zero-order chi connectivity index (χ0) is 31.2. The number of piperazine rings is 1. The highest BCUT2D eigenvalue weighted by Crippen LogP contribution is 2.51. The number of pyridine rings is 1. The molecule has 1 atom stereocenters. The third-order valence-electron chi connectivity index (χ3n) is 8.59. The number of halogens is 1. The molecule has 0 radical (unpaired) electrons. The van der Waals surface area contributed by atoms with Gasteiger partial charge in [0, 0.05) is 62.2 Å². The van der Waals surface area contributed by atoms with Crippen molar-refractivity contribution in [2.75, 3.05) is 57.7 Å². The summed E-state index contributed by atoms with van der Waals surface area (Å²) in [5, 5.41) is -0.136. The number of aryl methyl sites for hydroxylation is 1. The molecule has 2 saturated heterocycles. The van der Waals surface area contributed by atoms with Crippen LogP contribution in [0, 0.1) is 0 Å². The van der Waals surface area contributed by atoms with Gasteiger partial charge in [0.2, 0.25) is 5.88 Å². The molecule has 0 saturated carbocycles. The molecule has 0 aliphatic carbocycles. The minimum absolute atomic E-state index is 0.0104. The highest BCUT2D eigenvalue weighted by Gasteiger charge is 2.61. The lowest BCUT2D eigenvalue weighted by molar-refractivity contribution is -0.132. The van der Waals surface area contributed by atoms with Gasteiger partial charge in [0.15, 0.2) is 5.03 Å². The summed E-state index contributed by atoms with van der Waals surface area (Å²) in [7, 11) is 0.558. The number of anilines is 1. The molecule has 3 aliphatic heterocycles. The van der Waals surface area contributed by atoms with Gasteiger partial charge in [-0.25, -0.2) is 14.8 Å². The summed E-state index contributed by atoms with van der Waals surface area (Å²) in [6.07, 6.45) is 5.43. The second-order valence-corrected chi connectivity index (χ2v) is 13.5. The Morgan fingerprint density at radius 2 is 1.75 bits per heavy atom. The number of fused-ring (bicyclic) bond motifs is 1. The molecule has 1 aromatic carbocycles. The maximum atomic E-state index is 14.7. The molecule has 0 bridgehead atoms. The third-order valence-corrected chi connectivity index (χ3v) is 10.4. The molecule has 3 aromatic rings. The van der Waals surface area contributed by atoms with Crippen molar-refractivity contribution in [3.63, 3.8) is 0 Å². The van der Waals surface area contributed by atoms with Crippen molar-refractivity contribution in [3.05, 3.63) is 65.2 Å². The van der Waals surface area contributed by atoms with Crippen LogP contribution in [-0.2, 0) is 32.2 Å². The van der Waals surface area contributed by atoms with Gasteiger partial charge in [0.25, 0.3) is 21.5 Å². The Balaban J connectivity index is 1.39. The van der Waals surface area contributed by atoms with Gasteiger partial charge in [0.05, 0.1) is 24.7 Å². The third kappa shape index (κ3) is 5.09. The summed E-state index contributed by atoms with van der Waals surface area (Å²) in [6.45, 7) is 4.15. The zero-order valence-corrected chi connectivity index (χ0v) is 26.3. The van der Waals surface area contributed by atoms with Gasteiger partial charge in [-0.2, -0.15) is 12.7 Å². The number of nitrogens with zero attached hydrogens (tertiary/aromatic N) is 7.